The second kappa shape index (κ2) is 6.21. The van der Waals surface area contributed by atoms with Crippen LogP contribution in [0.3, 0.4) is 0 Å². The maximum Gasteiger partial charge on any atom is 0.147 e. The van der Waals surface area contributed by atoms with E-state index in [1.54, 1.807) is 0 Å². The molecule has 1 aromatic heterocycles. The van der Waals surface area contributed by atoms with Crippen molar-refractivity contribution in [3.8, 4) is 0 Å². The number of pyridine rings is 1. The standard InChI is InChI=1S/C20H21N3/c1-13-6-5-7-17(9-13)12-21-23-19-11-15(3)18-10-14(2)8-16(4)20(18)22-19/h5-12H,1-4H3,(H,22,23). The molecule has 3 aromatic rings. The van der Waals surface area contributed by atoms with Crippen molar-refractivity contribution in [2.24, 2.45) is 5.10 Å². The van der Waals surface area contributed by atoms with Gasteiger partial charge in [-0.2, -0.15) is 5.10 Å². The van der Waals surface area contributed by atoms with Crippen LogP contribution in [0.4, 0.5) is 5.82 Å². The molecule has 0 saturated carbocycles. The molecule has 0 unspecified atom stereocenters. The van der Waals surface area contributed by atoms with E-state index >= 15 is 0 Å². The Labute approximate surface area is 137 Å². The monoisotopic (exact) mass is 303 g/mol. The van der Waals surface area contributed by atoms with Gasteiger partial charge in [-0.15, -0.1) is 0 Å². The molecule has 3 rings (SSSR count). The predicted octanol–water partition coefficient (Wildman–Crippen LogP) is 4.91. The molecule has 0 aliphatic rings. The van der Waals surface area contributed by atoms with Crippen LogP contribution in [0.15, 0.2) is 47.6 Å². The Kier molecular flexibility index (Phi) is 4.11. The van der Waals surface area contributed by atoms with E-state index in [2.05, 4.69) is 62.5 Å². The fraction of sp³-hybridized carbons (Fsp3) is 0.200. The van der Waals surface area contributed by atoms with Gasteiger partial charge in [0.2, 0.25) is 0 Å². The van der Waals surface area contributed by atoms with E-state index in [0.29, 0.717) is 0 Å². The van der Waals surface area contributed by atoms with Crippen molar-refractivity contribution < 1.29 is 0 Å². The molecule has 3 heteroatoms. The lowest BCUT2D eigenvalue weighted by atomic mass is 10.0. The molecule has 3 nitrogen and oxygen atoms in total. The number of aromatic nitrogens is 1. The van der Waals surface area contributed by atoms with Gasteiger partial charge in [0, 0.05) is 5.39 Å². The van der Waals surface area contributed by atoms with Crippen molar-refractivity contribution in [1.82, 2.24) is 4.98 Å². The normalized spacial score (nSPS) is 11.3. The average Bonchev–Trinajstić information content (AvgIpc) is 2.49. The van der Waals surface area contributed by atoms with Gasteiger partial charge in [-0.05, 0) is 56.5 Å². The largest absolute Gasteiger partial charge is 0.261 e. The molecule has 0 aliphatic carbocycles. The van der Waals surface area contributed by atoms with E-state index in [4.69, 9.17) is 4.98 Å². The molecule has 1 N–H and O–H groups in total. The second-order valence-corrected chi connectivity index (χ2v) is 6.09. The van der Waals surface area contributed by atoms with Crippen LogP contribution in [0, 0.1) is 27.7 Å². The molecule has 0 fully saturated rings. The van der Waals surface area contributed by atoms with Gasteiger partial charge in [0.05, 0.1) is 11.7 Å². The fourth-order valence-corrected chi connectivity index (χ4v) is 2.83. The predicted molar refractivity (Wildman–Crippen MR) is 98.3 cm³/mol. The summed E-state index contributed by atoms with van der Waals surface area (Å²) in [6.07, 6.45) is 1.82. The van der Waals surface area contributed by atoms with E-state index in [-0.39, 0.29) is 0 Å². The number of rotatable bonds is 3. The van der Waals surface area contributed by atoms with E-state index in [1.807, 2.05) is 24.4 Å². The van der Waals surface area contributed by atoms with Crippen molar-refractivity contribution in [2.45, 2.75) is 27.7 Å². The van der Waals surface area contributed by atoms with Crippen LogP contribution in [0.5, 0.6) is 0 Å². The molecule has 0 atom stereocenters. The third kappa shape index (κ3) is 3.39. The zero-order valence-corrected chi connectivity index (χ0v) is 14.0. The summed E-state index contributed by atoms with van der Waals surface area (Å²) in [7, 11) is 0. The van der Waals surface area contributed by atoms with E-state index in [0.717, 1.165) is 16.9 Å². The van der Waals surface area contributed by atoms with Crippen LogP contribution in [0.2, 0.25) is 0 Å². The summed E-state index contributed by atoms with van der Waals surface area (Å²) in [6, 6.07) is 14.6. The van der Waals surface area contributed by atoms with Gasteiger partial charge < -0.3 is 0 Å². The van der Waals surface area contributed by atoms with Crippen LogP contribution >= 0.6 is 0 Å². The highest BCUT2D eigenvalue weighted by molar-refractivity contribution is 5.87. The molecule has 23 heavy (non-hydrogen) atoms. The van der Waals surface area contributed by atoms with Crippen LogP contribution in [0.1, 0.15) is 27.8 Å². The van der Waals surface area contributed by atoms with Crippen molar-refractivity contribution in [3.05, 3.63) is 70.3 Å². The lowest BCUT2D eigenvalue weighted by Crippen LogP contribution is -1.97. The fourth-order valence-electron chi connectivity index (χ4n) is 2.83. The molecular formula is C20H21N3. The average molecular weight is 303 g/mol. The van der Waals surface area contributed by atoms with Crippen molar-refractivity contribution in [1.29, 1.82) is 0 Å². The third-order valence-corrected chi connectivity index (χ3v) is 3.89. The van der Waals surface area contributed by atoms with Gasteiger partial charge >= 0.3 is 0 Å². The molecule has 0 spiro atoms. The van der Waals surface area contributed by atoms with Gasteiger partial charge in [0.15, 0.2) is 0 Å². The summed E-state index contributed by atoms with van der Waals surface area (Å²) in [5.41, 5.74) is 10.0. The molecule has 1 heterocycles. The number of nitrogens with zero attached hydrogens (tertiary/aromatic N) is 2. The van der Waals surface area contributed by atoms with E-state index < -0.39 is 0 Å². The summed E-state index contributed by atoms with van der Waals surface area (Å²) < 4.78 is 0. The highest BCUT2D eigenvalue weighted by Crippen LogP contribution is 2.24. The Morgan fingerprint density at radius 1 is 0.913 bits per heavy atom. The minimum atomic E-state index is 0.769. The minimum Gasteiger partial charge on any atom is -0.261 e. The van der Waals surface area contributed by atoms with Crippen molar-refractivity contribution >= 4 is 22.9 Å². The van der Waals surface area contributed by atoms with Crippen LogP contribution in [0.25, 0.3) is 10.9 Å². The second-order valence-electron chi connectivity index (χ2n) is 6.09. The number of benzene rings is 2. The Hall–Kier alpha value is -2.68. The first-order valence-corrected chi connectivity index (χ1v) is 7.77. The summed E-state index contributed by atoms with van der Waals surface area (Å²) in [6.45, 7) is 8.40. The molecular weight excluding hydrogens is 282 g/mol. The Balaban J connectivity index is 1.89. The molecule has 0 radical (unpaired) electrons. The Morgan fingerprint density at radius 2 is 1.74 bits per heavy atom. The zero-order chi connectivity index (χ0) is 16.4. The number of hydrazone groups is 1. The lowest BCUT2D eigenvalue weighted by Gasteiger charge is -2.09. The quantitative estimate of drug-likeness (QED) is 0.551. The van der Waals surface area contributed by atoms with Crippen molar-refractivity contribution in [3.63, 3.8) is 0 Å². The van der Waals surface area contributed by atoms with Gasteiger partial charge in [0.1, 0.15) is 5.82 Å². The SMILES string of the molecule is Cc1cccc(C=NNc2cc(C)c3cc(C)cc(C)c3n2)c1. The number of hydrogen-bond donors (Lipinski definition) is 1. The Morgan fingerprint density at radius 3 is 2.52 bits per heavy atom. The molecule has 0 amide bonds. The summed E-state index contributed by atoms with van der Waals surface area (Å²) in [5, 5.41) is 5.51. The summed E-state index contributed by atoms with van der Waals surface area (Å²) >= 11 is 0. The molecule has 0 bridgehead atoms. The van der Waals surface area contributed by atoms with Gasteiger partial charge in [0.25, 0.3) is 0 Å². The van der Waals surface area contributed by atoms with E-state index in [9.17, 15) is 0 Å². The molecule has 2 aromatic carbocycles. The molecule has 0 aliphatic heterocycles. The number of aryl methyl sites for hydroxylation is 4. The van der Waals surface area contributed by atoms with Gasteiger partial charge in [-0.25, -0.2) is 4.98 Å². The first-order chi connectivity index (χ1) is 11.0. The maximum atomic E-state index is 4.70. The maximum absolute atomic E-state index is 4.70. The highest BCUT2D eigenvalue weighted by atomic mass is 15.3. The van der Waals surface area contributed by atoms with Crippen LogP contribution in [-0.2, 0) is 0 Å². The lowest BCUT2D eigenvalue weighted by molar-refractivity contribution is 1.24. The first-order valence-electron chi connectivity index (χ1n) is 7.77. The minimum absolute atomic E-state index is 0.769. The number of fused-ring (bicyclic) bond motifs is 1. The molecule has 116 valence electrons. The first kappa shape index (κ1) is 15.2. The van der Waals surface area contributed by atoms with Gasteiger partial charge in [-0.1, -0.05) is 41.5 Å². The third-order valence-electron chi connectivity index (χ3n) is 3.89. The van der Waals surface area contributed by atoms with Crippen LogP contribution < -0.4 is 5.43 Å². The Bertz CT molecular complexity index is 895. The van der Waals surface area contributed by atoms with Crippen molar-refractivity contribution in [2.75, 3.05) is 5.43 Å². The molecule has 0 saturated heterocycles. The number of hydrogen-bond acceptors (Lipinski definition) is 3. The zero-order valence-electron chi connectivity index (χ0n) is 14.0. The summed E-state index contributed by atoms with van der Waals surface area (Å²) in [5.74, 6) is 0.769. The smallest absolute Gasteiger partial charge is 0.147 e. The highest BCUT2D eigenvalue weighted by Gasteiger charge is 2.05. The number of nitrogens with one attached hydrogen (secondary N) is 1. The van der Waals surface area contributed by atoms with Gasteiger partial charge in [-0.3, -0.25) is 5.43 Å². The number of anilines is 1. The topological polar surface area (TPSA) is 37.3 Å². The van der Waals surface area contributed by atoms with E-state index in [1.165, 1.54) is 27.6 Å². The van der Waals surface area contributed by atoms with Crippen LogP contribution in [-0.4, -0.2) is 11.2 Å². The summed E-state index contributed by atoms with van der Waals surface area (Å²) in [4.78, 5) is 4.70.